The summed E-state index contributed by atoms with van der Waals surface area (Å²) in [7, 11) is 0. The lowest BCUT2D eigenvalue weighted by molar-refractivity contribution is 0.0856. The number of amides is 2. The second kappa shape index (κ2) is 10.4. The summed E-state index contributed by atoms with van der Waals surface area (Å²) >= 11 is 0. The molecule has 29 heavy (non-hydrogen) atoms. The predicted molar refractivity (Wildman–Crippen MR) is 110 cm³/mol. The number of benzene rings is 1. The summed E-state index contributed by atoms with van der Waals surface area (Å²) < 4.78 is 5.01. The Hall–Kier alpha value is -3.16. The average Bonchev–Trinajstić information content (AvgIpc) is 2.75. The van der Waals surface area contributed by atoms with Gasteiger partial charge in [-0.15, -0.1) is 10.2 Å². The van der Waals surface area contributed by atoms with Gasteiger partial charge in [-0.25, -0.2) is 4.79 Å². The summed E-state index contributed by atoms with van der Waals surface area (Å²) in [5, 5.41) is 14.3. The third kappa shape index (κ3) is 6.17. The minimum Gasteiger partial charge on any atom is -0.450 e. The first kappa shape index (κ1) is 20.6. The van der Waals surface area contributed by atoms with Gasteiger partial charge >= 0.3 is 6.09 Å². The highest BCUT2D eigenvalue weighted by Gasteiger charge is 2.25. The topological polar surface area (TPSA) is 96.5 Å². The largest absolute Gasteiger partial charge is 0.450 e. The van der Waals surface area contributed by atoms with E-state index in [0.29, 0.717) is 38.4 Å². The van der Waals surface area contributed by atoms with Crippen LogP contribution >= 0.6 is 0 Å². The second-order valence-corrected chi connectivity index (χ2v) is 6.90. The number of rotatable bonds is 7. The first-order valence-corrected chi connectivity index (χ1v) is 10.00. The number of hydrogen-bond acceptors (Lipinski definition) is 6. The van der Waals surface area contributed by atoms with Crippen molar-refractivity contribution in [2.45, 2.75) is 32.2 Å². The molecule has 1 aromatic carbocycles. The molecule has 1 saturated heterocycles. The normalized spacial score (nSPS) is 14.3. The Morgan fingerprint density at radius 2 is 1.86 bits per heavy atom. The van der Waals surface area contributed by atoms with Crippen molar-refractivity contribution in [3.63, 3.8) is 0 Å². The lowest BCUT2D eigenvalue weighted by Gasteiger charge is -2.31. The SMILES string of the molecule is CCOC(=O)N1CCC(NC(=O)c2ccc(NCCc3ccccc3)nn2)CC1. The number of ether oxygens (including phenoxy) is 1. The fourth-order valence-corrected chi connectivity index (χ4v) is 3.21. The molecule has 2 amide bonds. The van der Waals surface area contributed by atoms with Gasteiger partial charge in [0.15, 0.2) is 5.69 Å². The number of nitrogens with zero attached hydrogens (tertiary/aromatic N) is 3. The summed E-state index contributed by atoms with van der Waals surface area (Å²) in [5.41, 5.74) is 1.53. The van der Waals surface area contributed by atoms with Crippen LogP contribution in [0.1, 0.15) is 35.8 Å². The zero-order chi connectivity index (χ0) is 20.5. The highest BCUT2D eigenvalue weighted by molar-refractivity contribution is 5.92. The molecule has 0 radical (unpaired) electrons. The van der Waals surface area contributed by atoms with Crippen molar-refractivity contribution in [1.82, 2.24) is 20.4 Å². The molecule has 1 aliphatic heterocycles. The van der Waals surface area contributed by atoms with Crippen LogP contribution in [0.3, 0.4) is 0 Å². The van der Waals surface area contributed by atoms with E-state index in [4.69, 9.17) is 4.74 Å². The van der Waals surface area contributed by atoms with Gasteiger partial charge in [0.25, 0.3) is 5.91 Å². The maximum Gasteiger partial charge on any atom is 0.409 e. The fourth-order valence-electron chi connectivity index (χ4n) is 3.21. The number of aromatic nitrogens is 2. The van der Waals surface area contributed by atoms with E-state index < -0.39 is 0 Å². The lowest BCUT2D eigenvalue weighted by atomic mass is 10.1. The molecule has 2 aromatic rings. The minimum absolute atomic E-state index is 0.0126. The third-order valence-electron chi connectivity index (χ3n) is 4.82. The van der Waals surface area contributed by atoms with Crippen molar-refractivity contribution >= 4 is 17.8 Å². The van der Waals surface area contributed by atoms with Crippen molar-refractivity contribution in [2.75, 3.05) is 31.6 Å². The van der Waals surface area contributed by atoms with E-state index >= 15 is 0 Å². The van der Waals surface area contributed by atoms with E-state index in [0.717, 1.165) is 13.0 Å². The Bertz CT molecular complexity index is 790. The molecule has 2 heterocycles. The zero-order valence-electron chi connectivity index (χ0n) is 16.6. The molecular formula is C21H27N5O3. The molecule has 0 spiro atoms. The molecule has 0 unspecified atom stereocenters. The van der Waals surface area contributed by atoms with Crippen LogP contribution in [0.25, 0.3) is 0 Å². The van der Waals surface area contributed by atoms with Gasteiger partial charge in [0.05, 0.1) is 6.61 Å². The molecular weight excluding hydrogens is 370 g/mol. The van der Waals surface area contributed by atoms with Gasteiger partial charge in [-0.1, -0.05) is 30.3 Å². The molecule has 1 aliphatic rings. The Morgan fingerprint density at radius 3 is 2.52 bits per heavy atom. The van der Waals surface area contributed by atoms with Crippen LogP contribution in [0.4, 0.5) is 10.6 Å². The minimum atomic E-state index is -0.293. The van der Waals surface area contributed by atoms with E-state index in [2.05, 4.69) is 33.0 Å². The monoisotopic (exact) mass is 397 g/mol. The molecule has 3 rings (SSSR count). The lowest BCUT2D eigenvalue weighted by Crippen LogP contribution is -2.46. The molecule has 1 fully saturated rings. The quantitative estimate of drug-likeness (QED) is 0.745. The number of nitrogens with one attached hydrogen (secondary N) is 2. The van der Waals surface area contributed by atoms with Crippen molar-refractivity contribution in [2.24, 2.45) is 0 Å². The van der Waals surface area contributed by atoms with Crippen LogP contribution in [0.5, 0.6) is 0 Å². The van der Waals surface area contributed by atoms with Gasteiger partial charge in [0.1, 0.15) is 5.82 Å². The van der Waals surface area contributed by atoms with Crippen molar-refractivity contribution in [3.8, 4) is 0 Å². The van der Waals surface area contributed by atoms with Crippen molar-refractivity contribution < 1.29 is 14.3 Å². The molecule has 0 bridgehead atoms. The standard InChI is InChI=1S/C21H27N5O3/c1-2-29-21(28)26-14-11-17(12-15-26)23-20(27)18-8-9-19(25-24-18)22-13-10-16-6-4-3-5-7-16/h3-9,17H,2,10-15H2,1H3,(H,22,25)(H,23,27). The van der Waals surface area contributed by atoms with Gasteiger partial charge in [-0.05, 0) is 43.9 Å². The highest BCUT2D eigenvalue weighted by Crippen LogP contribution is 2.12. The van der Waals surface area contributed by atoms with Crippen LogP contribution in [0.2, 0.25) is 0 Å². The summed E-state index contributed by atoms with van der Waals surface area (Å²) in [6, 6.07) is 13.6. The number of anilines is 1. The number of likely N-dealkylation sites (tertiary alicyclic amines) is 1. The Labute approximate surface area is 170 Å². The summed E-state index contributed by atoms with van der Waals surface area (Å²) in [5.74, 6) is 0.392. The maximum absolute atomic E-state index is 12.4. The number of carbonyl (C=O) groups excluding carboxylic acids is 2. The zero-order valence-corrected chi connectivity index (χ0v) is 16.6. The highest BCUT2D eigenvalue weighted by atomic mass is 16.6. The van der Waals surface area contributed by atoms with E-state index in [-0.39, 0.29) is 23.7 Å². The number of hydrogen-bond donors (Lipinski definition) is 2. The molecule has 8 nitrogen and oxygen atoms in total. The van der Waals surface area contributed by atoms with Gasteiger partial charge in [0, 0.05) is 25.7 Å². The van der Waals surface area contributed by atoms with E-state index in [1.807, 2.05) is 18.2 Å². The third-order valence-corrected chi connectivity index (χ3v) is 4.82. The van der Waals surface area contributed by atoms with Gasteiger partial charge in [-0.2, -0.15) is 0 Å². The van der Waals surface area contributed by atoms with E-state index in [1.54, 1.807) is 24.0 Å². The van der Waals surface area contributed by atoms with Gasteiger partial charge in [-0.3, -0.25) is 4.79 Å². The maximum atomic E-state index is 12.4. The molecule has 8 heteroatoms. The molecule has 2 N–H and O–H groups in total. The Morgan fingerprint density at radius 1 is 1.10 bits per heavy atom. The smallest absolute Gasteiger partial charge is 0.409 e. The average molecular weight is 397 g/mol. The Kier molecular flexibility index (Phi) is 7.38. The van der Waals surface area contributed by atoms with Gasteiger partial charge < -0.3 is 20.3 Å². The van der Waals surface area contributed by atoms with E-state index in [1.165, 1.54) is 5.56 Å². The summed E-state index contributed by atoms with van der Waals surface area (Å²) in [4.78, 5) is 25.8. The van der Waals surface area contributed by atoms with Crippen LogP contribution in [-0.4, -0.2) is 59.4 Å². The summed E-state index contributed by atoms with van der Waals surface area (Å²) in [6.45, 7) is 4.03. The van der Waals surface area contributed by atoms with Crippen molar-refractivity contribution in [3.05, 3.63) is 53.7 Å². The first-order chi connectivity index (χ1) is 14.2. The predicted octanol–water partition coefficient (Wildman–Crippen LogP) is 2.48. The van der Waals surface area contributed by atoms with Gasteiger partial charge in [0.2, 0.25) is 0 Å². The van der Waals surface area contributed by atoms with Crippen molar-refractivity contribution in [1.29, 1.82) is 0 Å². The number of piperidine rings is 1. The molecule has 0 atom stereocenters. The molecule has 154 valence electrons. The first-order valence-electron chi connectivity index (χ1n) is 10.00. The van der Waals surface area contributed by atoms with Crippen LogP contribution in [0.15, 0.2) is 42.5 Å². The fraction of sp³-hybridized carbons (Fsp3) is 0.429. The second-order valence-electron chi connectivity index (χ2n) is 6.90. The van der Waals surface area contributed by atoms with Crippen LogP contribution in [-0.2, 0) is 11.2 Å². The molecule has 1 aromatic heterocycles. The molecule has 0 saturated carbocycles. The van der Waals surface area contributed by atoms with E-state index in [9.17, 15) is 9.59 Å². The Balaban J connectivity index is 1.41. The molecule has 0 aliphatic carbocycles. The van der Waals surface area contributed by atoms with Crippen LogP contribution < -0.4 is 10.6 Å². The summed E-state index contributed by atoms with van der Waals surface area (Å²) in [6.07, 6.45) is 1.97. The van der Waals surface area contributed by atoms with Crippen LogP contribution in [0, 0.1) is 0 Å². The number of carbonyl (C=O) groups is 2.